The van der Waals surface area contributed by atoms with E-state index in [1.807, 2.05) is 4.90 Å². The number of nitrogens with zero attached hydrogens (tertiary/aromatic N) is 1. The van der Waals surface area contributed by atoms with Gasteiger partial charge in [0, 0.05) is 13.1 Å². The van der Waals surface area contributed by atoms with Crippen LogP contribution >= 0.6 is 0 Å². The number of hydrogen-bond donors (Lipinski definition) is 2. The largest absolute Gasteiger partial charge is 0.379 e. The maximum atomic E-state index is 12.6. The minimum atomic E-state index is -0.499. The lowest BCUT2D eigenvalue weighted by molar-refractivity contribution is -0.133. The molecule has 1 saturated heterocycles. The molecule has 0 saturated carbocycles. The maximum absolute atomic E-state index is 12.6. The first-order valence-corrected chi connectivity index (χ1v) is 8.92. The Morgan fingerprint density at radius 1 is 1.00 bits per heavy atom. The molecule has 2 atom stereocenters. The van der Waals surface area contributed by atoms with Crippen LogP contribution < -0.4 is 5.32 Å². The van der Waals surface area contributed by atoms with E-state index in [2.05, 4.69) is 19.2 Å². The Hall–Kier alpha value is -0.610. The topological polar surface area (TPSA) is 52.6 Å². The van der Waals surface area contributed by atoms with Gasteiger partial charge in [-0.25, -0.2) is 0 Å². The molecule has 0 spiro atoms. The van der Waals surface area contributed by atoms with Gasteiger partial charge in [0.15, 0.2) is 0 Å². The van der Waals surface area contributed by atoms with Gasteiger partial charge < -0.3 is 10.0 Å². The Labute approximate surface area is 130 Å². The summed E-state index contributed by atoms with van der Waals surface area (Å²) in [5, 5.41) is 12.5. The fourth-order valence-corrected chi connectivity index (χ4v) is 2.93. The van der Waals surface area contributed by atoms with Crippen molar-refractivity contribution in [3.8, 4) is 0 Å². The highest BCUT2D eigenvalue weighted by atomic mass is 16.3. The lowest BCUT2D eigenvalue weighted by Gasteiger charge is -2.26. The molecule has 1 fully saturated rings. The predicted octanol–water partition coefficient (Wildman–Crippen LogP) is 3.05. The number of carbonyl (C=O) groups is 1. The number of hydrogen-bond acceptors (Lipinski definition) is 3. The van der Waals surface area contributed by atoms with Crippen LogP contribution in [0.3, 0.4) is 0 Å². The van der Waals surface area contributed by atoms with Crippen molar-refractivity contribution in [1.29, 1.82) is 0 Å². The van der Waals surface area contributed by atoms with E-state index >= 15 is 0 Å². The molecular formula is C17H34N2O2. The van der Waals surface area contributed by atoms with Gasteiger partial charge >= 0.3 is 0 Å². The summed E-state index contributed by atoms with van der Waals surface area (Å²) in [5.74, 6) is 0.194. The number of carbonyl (C=O) groups excluding carboxylic acids is 1. The van der Waals surface area contributed by atoms with Gasteiger partial charge in [-0.3, -0.25) is 10.1 Å². The molecule has 2 N–H and O–H groups in total. The molecule has 0 aliphatic carbocycles. The number of amides is 1. The van der Waals surface area contributed by atoms with Gasteiger partial charge in [-0.1, -0.05) is 52.4 Å². The van der Waals surface area contributed by atoms with Gasteiger partial charge in [0.2, 0.25) is 5.91 Å². The number of aliphatic hydroxyl groups is 1. The summed E-state index contributed by atoms with van der Waals surface area (Å²) in [5.41, 5.74) is 0. The summed E-state index contributed by atoms with van der Waals surface area (Å²) >= 11 is 0. The summed E-state index contributed by atoms with van der Waals surface area (Å²) in [7, 11) is 0. The zero-order chi connectivity index (χ0) is 15.5. The van der Waals surface area contributed by atoms with Crippen LogP contribution in [-0.2, 0) is 4.79 Å². The zero-order valence-electron chi connectivity index (χ0n) is 13.9. The van der Waals surface area contributed by atoms with E-state index in [1.54, 1.807) is 0 Å². The Bertz CT molecular complexity index is 272. The molecule has 0 radical (unpaired) electrons. The Morgan fingerprint density at radius 3 is 2.00 bits per heavy atom. The molecule has 124 valence electrons. The highest BCUT2D eigenvalue weighted by Gasteiger charge is 2.30. The first-order chi connectivity index (χ1) is 10.2. The van der Waals surface area contributed by atoms with Crippen LogP contribution in [0, 0.1) is 0 Å². The molecule has 1 aliphatic heterocycles. The molecule has 0 aromatic heterocycles. The molecule has 21 heavy (non-hydrogen) atoms. The molecule has 0 aromatic rings. The standard InChI is InChI=1S/C17H34N2O2/c1-3-5-7-9-13-19(14-10-8-6-4-2)17(21)15-11-12-16(20)18-15/h15-16,18,20H,3-14H2,1-2H3/t15-,16?/m0/s1. The van der Waals surface area contributed by atoms with Crippen molar-refractivity contribution in [3.63, 3.8) is 0 Å². The van der Waals surface area contributed by atoms with Gasteiger partial charge in [0.25, 0.3) is 0 Å². The van der Waals surface area contributed by atoms with Crippen LogP contribution in [0.5, 0.6) is 0 Å². The molecular weight excluding hydrogens is 264 g/mol. The minimum absolute atomic E-state index is 0.169. The van der Waals surface area contributed by atoms with Gasteiger partial charge in [0.1, 0.15) is 6.23 Å². The first kappa shape index (κ1) is 18.4. The second-order valence-electron chi connectivity index (χ2n) is 6.26. The molecule has 1 amide bonds. The number of rotatable bonds is 11. The van der Waals surface area contributed by atoms with Crippen LogP contribution in [0.2, 0.25) is 0 Å². The van der Waals surface area contributed by atoms with Gasteiger partial charge in [-0.15, -0.1) is 0 Å². The molecule has 4 heteroatoms. The smallest absolute Gasteiger partial charge is 0.239 e. The minimum Gasteiger partial charge on any atom is -0.379 e. The quantitative estimate of drug-likeness (QED) is 0.576. The average molecular weight is 298 g/mol. The number of nitrogens with one attached hydrogen (secondary N) is 1. The third kappa shape index (κ3) is 7.28. The van der Waals surface area contributed by atoms with Crippen molar-refractivity contribution in [2.75, 3.05) is 13.1 Å². The fraction of sp³-hybridized carbons (Fsp3) is 0.941. The van der Waals surface area contributed by atoms with Gasteiger partial charge in [0.05, 0.1) is 6.04 Å². The van der Waals surface area contributed by atoms with Crippen molar-refractivity contribution < 1.29 is 9.90 Å². The predicted molar refractivity (Wildman–Crippen MR) is 87.0 cm³/mol. The highest BCUT2D eigenvalue weighted by Crippen LogP contribution is 2.14. The third-order valence-corrected chi connectivity index (χ3v) is 4.30. The van der Waals surface area contributed by atoms with Crippen LogP contribution in [0.25, 0.3) is 0 Å². The van der Waals surface area contributed by atoms with E-state index in [0.29, 0.717) is 6.42 Å². The molecule has 1 rings (SSSR count). The monoisotopic (exact) mass is 298 g/mol. The summed E-state index contributed by atoms with van der Waals surface area (Å²) in [6.07, 6.45) is 10.5. The van der Waals surface area contributed by atoms with E-state index in [1.165, 1.54) is 38.5 Å². The molecule has 1 aliphatic rings. The van der Waals surface area contributed by atoms with Crippen LogP contribution in [-0.4, -0.2) is 41.3 Å². The van der Waals surface area contributed by atoms with Crippen molar-refractivity contribution in [1.82, 2.24) is 10.2 Å². The maximum Gasteiger partial charge on any atom is 0.239 e. The Morgan fingerprint density at radius 2 is 1.57 bits per heavy atom. The summed E-state index contributed by atoms with van der Waals surface area (Å²) in [6, 6.07) is -0.169. The van der Waals surface area contributed by atoms with Crippen LogP contribution in [0.4, 0.5) is 0 Å². The van der Waals surface area contributed by atoms with E-state index in [4.69, 9.17) is 0 Å². The van der Waals surface area contributed by atoms with E-state index in [0.717, 1.165) is 32.4 Å². The summed E-state index contributed by atoms with van der Waals surface area (Å²) < 4.78 is 0. The van der Waals surface area contributed by atoms with E-state index in [-0.39, 0.29) is 11.9 Å². The van der Waals surface area contributed by atoms with Crippen molar-refractivity contribution in [3.05, 3.63) is 0 Å². The molecule has 1 unspecified atom stereocenters. The molecule has 0 bridgehead atoms. The van der Waals surface area contributed by atoms with Gasteiger partial charge in [-0.05, 0) is 25.7 Å². The molecule has 0 aromatic carbocycles. The lowest BCUT2D eigenvalue weighted by Crippen LogP contribution is -2.46. The average Bonchev–Trinajstić information content (AvgIpc) is 2.91. The van der Waals surface area contributed by atoms with Crippen molar-refractivity contribution >= 4 is 5.91 Å². The second-order valence-corrected chi connectivity index (χ2v) is 6.26. The molecule has 4 nitrogen and oxygen atoms in total. The summed E-state index contributed by atoms with van der Waals surface area (Å²) in [6.45, 7) is 6.16. The second kappa shape index (κ2) is 11.0. The van der Waals surface area contributed by atoms with Crippen LogP contribution in [0.15, 0.2) is 0 Å². The SMILES string of the molecule is CCCCCCN(CCCCCC)C(=O)[C@@H]1CCC(O)N1. The van der Waals surface area contributed by atoms with Gasteiger partial charge in [-0.2, -0.15) is 0 Å². The number of unbranched alkanes of at least 4 members (excludes halogenated alkanes) is 6. The van der Waals surface area contributed by atoms with Crippen molar-refractivity contribution in [2.24, 2.45) is 0 Å². The van der Waals surface area contributed by atoms with Crippen molar-refractivity contribution in [2.45, 2.75) is 90.3 Å². The first-order valence-electron chi connectivity index (χ1n) is 8.92. The lowest BCUT2D eigenvalue weighted by atomic mass is 10.1. The highest BCUT2D eigenvalue weighted by molar-refractivity contribution is 5.82. The van der Waals surface area contributed by atoms with E-state index in [9.17, 15) is 9.90 Å². The Balaban J connectivity index is 2.39. The van der Waals surface area contributed by atoms with E-state index < -0.39 is 6.23 Å². The fourth-order valence-electron chi connectivity index (χ4n) is 2.93. The zero-order valence-corrected chi connectivity index (χ0v) is 13.9. The third-order valence-electron chi connectivity index (χ3n) is 4.30. The summed E-state index contributed by atoms with van der Waals surface area (Å²) in [4.78, 5) is 14.6. The molecule has 1 heterocycles. The van der Waals surface area contributed by atoms with Crippen LogP contribution in [0.1, 0.15) is 78.1 Å². The normalized spacial score (nSPS) is 21.7. The number of aliphatic hydroxyl groups excluding tert-OH is 1. The Kier molecular flexibility index (Phi) is 9.68.